The van der Waals surface area contributed by atoms with E-state index in [4.69, 9.17) is 10.00 Å². The van der Waals surface area contributed by atoms with Crippen LogP contribution in [0.3, 0.4) is 0 Å². The zero-order valence-electron chi connectivity index (χ0n) is 15.0. The van der Waals surface area contributed by atoms with Gasteiger partial charge in [-0.25, -0.2) is 8.42 Å². The SMILES string of the molecule is CC1(C)C=C(N2CCCN=C2NC#N)c2cc(S(=O)(=O)C(F)(F)F)ccc2O1. The highest BCUT2D eigenvalue weighted by molar-refractivity contribution is 7.92. The van der Waals surface area contributed by atoms with Crippen LogP contribution in [0.1, 0.15) is 25.8 Å². The first kappa shape index (κ1) is 20.0. The second kappa shape index (κ2) is 6.70. The van der Waals surface area contributed by atoms with Gasteiger partial charge < -0.3 is 9.64 Å². The first-order valence-corrected chi connectivity index (χ1v) is 9.79. The smallest absolute Gasteiger partial charge is 0.483 e. The molecule has 0 saturated heterocycles. The monoisotopic (exact) mass is 414 g/mol. The van der Waals surface area contributed by atoms with E-state index in [1.807, 2.05) is 0 Å². The van der Waals surface area contributed by atoms with E-state index >= 15 is 0 Å². The van der Waals surface area contributed by atoms with Crippen LogP contribution in [0.15, 0.2) is 34.2 Å². The van der Waals surface area contributed by atoms with Crippen molar-refractivity contribution in [1.82, 2.24) is 10.2 Å². The summed E-state index contributed by atoms with van der Waals surface area (Å²) in [7, 11) is -5.52. The quantitative estimate of drug-likeness (QED) is 0.591. The maximum absolute atomic E-state index is 13.0. The second-order valence-corrected chi connectivity index (χ2v) is 8.73. The Morgan fingerprint density at radius 1 is 1.36 bits per heavy atom. The number of alkyl halides is 3. The lowest BCUT2D eigenvalue weighted by molar-refractivity contribution is -0.0436. The summed E-state index contributed by atoms with van der Waals surface area (Å²) >= 11 is 0. The van der Waals surface area contributed by atoms with Gasteiger partial charge in [-0.15, -0.1) is 0 Å². The molecule has 0 aliphatic carbocycles. The zero-order valence-corrected chi connectivity index (χ0v) is 15.9. The van der Waals surface area contributed by atoms with Crippen molar-refractivity contribution in [2.45, 2.75) is 36.3 Å². The number of aliphatic imine (C=N–C) groups is 1. The van der Waals surface area contributed by atoms with Gasteiger partial charge in [0, 0.05) is 18.7 Å². The van der Waals surface area contributed by atoms with Gasteiger partial charge in [0.2, 0.25) is 5.96 Å². The molecule has 1 N–H and O–H groups in total. The molecule has 2 aliphatic heterocycles. The van der Waals surface area contributed by atoms with Gasteiger partial charge in [0.1, 0.15) is 11.4 Å². The highest BCUT2D eigenvalue weighted by Gasteiger charge is 2.47. The summed E-state index contributed by atoms with van der Waals surface area (Å²) in [5.41, 5.74) is -5.62. The highest BCUT2D eigenvalue weighted by atomic mass is 32.2. The van der Waals surface area contributed by atoms with Crippen LogP contribution in [0.25, 0.3) is 5.70 Å². The minimum atomic E-state index is -5.52. The largest absolute Gasteiger partial charge is 0.501 e. The van der Waals surface area contributed by atoms with Crippen LogP contribution >= 0.6 is 0 Å². The Morgan fingerprint density at radius 3 is 2.71 bits per heavy atom. The van der Waals surface area contributed by atoms with Crippen LogP contribution in [0, 0.1) is 11.5 Å². The van der Waals surface area contributed by atoms with Crippen LogP contribution in [0.4, 0.5) is 13.2 Å². The van der Waals surface area contributed by atoms with Crippen LogP contribution in [-0.4, -0.2) is 43.5 Å². The predicted octanol–water partition coefficient (Wildman–Crippen LogP) is 2.62. The minimum absolute atomic E-state index is 0.180. The van der Waals surface area contributed by atoms with Crippen molar-refractivity contribution in [3.63, 3.8) is 0 Å². The molecule has 0 unspecified atom stereocenters. The molecule has 11 heteroatoms. The van der Waals surface area contributed by atoms with Crippen molar-refractivity contribution in [2.75, 3.05) is 13.1 Å². The topological polar surface area (TPSA) is 94.8 Å². The number of hydrogen-bond donors (Lipinski definition) is 1. The third-order valence-electron chi connectivity index (χ3n) is 4.21. The molecular weight excluding hydrogens is 397 g/mol. The van der Waals surface area contributed by atoms with Gasteiger partial charge in [-0.1, -0.05) is 0 Å². The molecule has 2 heterocycles. The summed E-state index contributed by atoms with van der Waals surface area (Å²) in [5, 5.41) is 11.4. The molecule has 0 fully saturated rings. The Balaban J connectivity index is 2.16. The maximum atomic E-state index is 13.0. The number of benzene rings is 1. The normalized spacial score (nSPS) is 18.9. The molecule has 3 rings (SSSR count). The number of ether oxygens (including phenoxy) is 1. The summed E-state index contributed by atoms with van der Waals surface area (Å²) in [4.78, 5) is 5.00. The van der Waals surface area contributed by atoms with Crippen LogP contribution in [0.2, 0.25) is 0 Å². The van der Waals surface area contributed by atoms with Crippen LogP contribution in [-0.2, 0) is 9.84 Å². The van der Waals surface area contributed by atoms with E-state index in [0.717, 1.165) is 12.1 Å². The van der Waals surface area contributed by atoms with Crippen molar-refractivity contribution < 1.29 is 26.3 Å². The fourth-order valence-corrected chi connectivity index (χ4v) is 3.83. The molecule has 0 saturated carbocycles. The Labute approximate surface area is 160 Å². The number of nitrogens with one attached hydrogen (secondary N) is 1. The van der Waals surface area contributed by atoms with E-state index in [2.05, 4.69) is 10.3 Å². The Bertz CT molecular complexity index is 1010. The van der Waals surface area contributed by atoms with Gasteiger partial charge in [-0.2, -0.15) is 18.4 Å². The molecule has 0 radical (unpaired) electrons. The number of fused-ring (bicyclic) bond motifs is 1. The molecule has 7 nitrogen and oxygen atoms in total. The van der Waals surface area contributed by atoms with Gasteiger partial charge in [-0.3, -0.25) is 10.3 Å². The number of sulfone groups is 1. The zero-order chi connectivity index (χ0) is 20.7. The van der Waals surface area contributed by atoms with Crippen molar-refractivity contribution in [1.29, 1.82) is 5.26 Å². The predicted molar refractivity (Wildman–Crippen MR) is 94.7 cm³/mol. The Morgan fingerprint density at radius 2 is 2.07 bits per heavy atom. The first-order chi connectivity index (χ1) is 13.0. The third kappa shape index (κ3) is 3.52. The summed E-state index contributed by atoms with van der Waals surface area (Å²) in [6.45, 7) is 4.46. The average molecular weight is 414 g/mol. The van der Waals surface area contributed by atoms with Gasteiger partial charge >= 0.3 is 5.51 Å². The fraction of sp³-hybridized carbons (Fsp3) is 0.412. The van der Waals surface area contributed by atoms with E-state index in [9.17, 15) is 21.6 Å². The molecule has 150 valence electrons. The van der Waals surface area contributed by atoms with Crippen molar-refractivity contribution >= 4 is 21.5 Å². The maximum Gasteiger partial charge on any atom is 0.501 e. The standard InChI is InChI=1S/C17H17F3N4O3S/c1-16(2)9-13(24-7-3-6-22-15(24)23-10-21)12-8-11(4-5-14(12)27-16)28(25,26)17(18,19)20/h4-5,8-9H,3,6-7H2,1-2H3,(H,22,23). The average Bonchev–Trinajstić information content (AvgIpc) is 2.59. The number of rotatable bonds is 2. The third-order valence-corrected chi connectivity index (χ3v) is 5.70. The van der Waals surface area contributed by atoms with Gasteiger partial charge in [0.15, 0.2) is 6.19 Å². The summed E-state index contributed by atoms with van der Waals surface area (Å²) in [5.74, 6) is 0.484. The summed E-state index contributed by atoms with van der Waals surface area (Å²) < 4.78 is 68.4. The molecule has 0 amide bonds. The van der Waals surface area contributed by atoms with E-state index in [-0.39, 0.29) is 17.3 Å². The van der Waals surface area contributed by atoms with Crippen molar-refractivity contribution in [3.05, 3.63) is 29.8 Å². The number of halogens is 3. The van der Waals surface area contributed by atoms with E-state index < -0.39 is 25.8 Å². The van der Waals surface area contributed by atoms with E-state index in [0.29, 0.717) is 25.2 Å². The molecule has 0 bridgehead atoms. The Kier molecular flexibility index (Phi) is 4.79. The second-order valence-electron chi connectivity index (χ2n) is 6.79. The molecule has 0 aromatic heterocycles. The van der Waals surface area contributed by atoms with E-state index in [1.165, 1.54) is 6.07 Å². The lowest BCUT2D eigenvalue weighted by Gasteiger charge is -2.37. The molecule has 0 spiro atoms. The van der Waals surface area contributed by atoms with Gasteiger partial charge in [-0.05, 0) is 44.5 Å². The van der Waals surface area contributed by atoms with Crippen molar-refractivity contribution in [2.24, 2.45) is 4.99 Å². The highest BCUT2D eigenvalue weighted by Crippen LogP contribution is 2.41. The molecular formula is C17H17F3N4O3S. The van der Waals surface area contributed by atoms with Crippen LogP contribution in [0.5, 0.6) is 5.75 Å². The van der Waals surface area contributed by atoms with E-state index in [1.54, 1.807) is 31.0 Å². The first-order valence-electron chi connectivity index (χ1n) is 8.31. The van der Waals surface area contributed by atoms with Gasteiger partial charge in [0.25, 0.3) is 9.84 Å². The minimum Gasteiger partial charge on any atom is -0.483 e. The Hall–Kier alpha value is -2.74. The lowest BCUT2D eigenvalue weighted by Crippen LogP contribution is -2.44. The lowest BCUT2D eigenvalue weighted by atomic mass is 9.98. The summed E-state index contributed by atoms with van der Waals surface area (Å²) in [6, 6.07) is 3.03. The molecule has 1 aromatic carbocycles. The number of hydrogen-bond acceptors (Lipinski definition) is 7. The number of nitriles is 1. The molecule has 28 heavy (non-hydrogen) atoms. The van der Waals surface area contributed by atoms with Crippen LogP contribution < -0.4 is 10.1 Å². The molecule has 2 aliphatic rings. The van der Waals surface area contributed by atoms with Gasteiger partial charge in [0.05, 0.1) is 10.6 Å². The molecule has 1 aromatic rings. The molecule has 0 atom stereocenters. The number of nitrogens with zero attached hydrogens (tertiary/aromatic N) is 3. The fourth-order valence-electron chi connectivity index (χ4n) is 3.04. The van der Waals surface area contributed by atoms with Crippen molar-refractivity contribution in [3.8, 4) is 11.9 Å². The number of guanidine groups is 1. The summed E-state index contributed by atoms with van der Waals surface area (Å²) in [6.07, 6.45) is 4.10.